The van der Waals surface area contributed by atoms with Gasteiger partial charge in [0.25, 0.3) is 5.69 Å². The monoisotopic (exact) mass is 443 g/mol. The first-order chi connectivity index (χ1) is 15.5. The Morgan fingerprint density at radius 2 is 1.91 bits per heavy atom. The van der Waals surface area contributed by atoms with Gasteiger partial charge in [-0.25, -0.2) is 9.79 Å². The zero-order chi connectivity index (χ0) is 22.5. The van der Waals surface area contributed by atoms with Crippen molar-refractivity contribution in [2.75, 3.05) is 19.7 Å². The number of likely N-dealkylation sites (tertiary alicyclic amines) is 1. The summed E-state index contributed by atoms with van der Waals surface area (Å²) in [6.45, 7) is 4.00. The molecule has 9 heteroatoms. The number of amides is 1. The average molecular weight is 444 g/mol. The quantitative estimate of drug-likeness (QED) is 0.302. The van der Waals surface area contributed by atoms with E-state index in [0.717, 1.165) is 36.2 Å². The van der Waals surface area contributed by atoms with Gasteiger partial charge < -0.3 is 20.3 Å². The number of non-ortho nitro benzene ring substituents is 1. The van der Waals surface area contributed by atoms with Crippen LogP contribution in [0.1, 0.15) is 51.0 Å². The molecule has 2 bridgehead atoms. The first-order valence-corrected chi connectivity index (χ1v) is 11.7. The van der Waals surface area contributed by atoms with Crippen LogP contribution in [-0.2, 0) is 11.3 Å². The number of ether oxygens (including phenoxy) is 1. The standard InChI is InChI=1S/C23H33N5O4/c1-2-32-23(29)27-11-9-19(10-12-27)25-22(26-21-14-17-3-6-18(21)13-17)24-15-16-4-7-20(8-5-16)28(30)31/h4-5,7-8,17-19,21H,2-3,6,9-15H2,1H3,(H2,24,25,26). The molecule has 1 aromatic rings. The summed E-state index contributed by atoms with van der Waals surface area (Å²) in [5, 5.41) is 18.1. The van der Waals surface area contributed by atoms with Gasteiger partial charge in [0.2, 0.25) is 0 Å². The lowest BCUT2D eigenvalue weighted by Crippen LogP contribution is -2.52. The summed E-state index contributed by atoms with van der Waals surface area (Å²) in [7, 11) is 0. The lowest BCUT2D eigenvalue weighted by atomic mass is 9.95. The molecule has 4 rings (SSSR count). The number of hydrogen-bond donors (Lipinski definition) is 2. The zero-order valence-electron chi connectivity index (χ0n) is 18.7. The Balaban J connectivity index is 1.38. The van der Waals surface area contributed by atoms with Crippen LogP contribution in [0.3, 0.4) is 0 Å². The molecule has 32 heavy (non-hydrogen) atoms. The summed E-state index contributed by atoms with van der Waals surface area (Å²) < 4.78 is 5.11. The average Bonchev–Trinajstić information content (AvgIpc) is 3.42. The second kappa shape index (κ2) is 10.2. The van der Waals surface area contributed by atoms with Crippen LogP contribution in [0.25, 0.3) is 0 Å². The molecule has 0 radical (unpaired) electrons. The van der Waals surface area contributed by atoms with Crippen LogP contribution >= 0.6 is 0 Å². The van der Waals surface area contributed by atoms with E-state index < -0.39 is 0 Å². The van der Waals surface area contributed by atoms with Crippen LogP contribution in [0.15, 0.2) is 29.3 Å². The molecule has 2 saturated carbocycles. The van der Waals surface area contributed by atoms with E-state index >= 15 is 0 Å². The number of benzene rings is 1. The highest BCUT2D eigenvalue weighted by Gasteiger charge is 2.40. The predicted octanol–water partition coefficient (Wildman–Crippen LogP) is 3.44. The lowest BCUT2D eigenvalue weighted by molar-refractivity contribution is -0.384. The maximum Gasteiger partial charge on any atom is 0.409 e. The van der Waals surface area contributed by atoms with Gasteiger partial charge in [0.1, 0.15) is 0 Å². The molecule has 3 unspecified atom stereocenters. The van der Waals surface area contributed by atoms with Gasteiger partial charge in [-0.15, -0.1) is 0 Å². The Hall–Kier alpha value is -2.84. The summed E-state index contributed by atoms with van der Waals surface area (Å²) in [4.78, 5) is 29.0. The molecule has 1 aliphatic heterocycles. The molecule has 1 aromatic carbocycles. The fourth-order valence-electron chi connectivity index (χ4n) is 5.24. The molecule has 2 N–H and O–H groups in total. The summed E-state index contributed by atoms with van der Waals surface area (Å²) >= 11 is 0. The minimum absolute atomic E-state index is 0.0875. The van der Waals surface area contributed by atoms with Gasteiger partial charge in [-0.05, 0) is 56.4 Å². The van der Waals surface area contributed by atoms with E-state index in [2.05, 4.69) is 10.6 Å². The number of carbonyl (C=O) groups is 1. The van der Waals surface area contributed by atoms with Gasteiger partial charge in [0.15, 0.2) is 5.96 Å². The molecule has 1 saturated heterocycles. The number of carbonyl (C=O) groups excluding carboxylic acids is 1. The molecule has 1 amide bonds. The molecule has 3 fully saturated rings. The number of rotatable bonds is 6. The van der Waals surface area contributed by atoms with Crippen LogP contribution in [0, 0.1) is 22.0 Å². The topological polar surface area (TPSA) is 109 Å². The fraction of sp³-hybridized carbons (Fsp3) is 0.652. The van der Waals surface area contributed by atoms with E-state index in [0.29, 0.717) is 32.3 Å². The number of nitro benzene ring substituents is 1. The maximum absolute atomic E-state index is 12.0. The third kappa shape index (κ3) is 5.49. The lowest BCUT2D eigenvalue weighted by Gasteiger charge is -2.33. The number of piperidine rings is 1. The van der Waals surface area contributed by atoms with Crippen molar-refractivity contribution in [2.45, 2.75) is 64.1 Å². The molecule has 2 aliphatic carbocycles. The number of nitrogens with one attached hydrogen (secondary N) is 2. The maximum atomic E-state index is 12.0. The van der Waals surface area contributed by atoms with Crippen LogP contribution in [0.4, 0.5) is 10.5 Å². The Kier molecular flexibility index (Phi) is 7.12. The summed E-state index contributed by atoms with van der Waals surface area (Å²) in [5.74, 6) is 2.36. The first-order valence-electron chi connectivity index (χ1n) is 11.7. The largest absolute Gasteiger partial charge is 0.450 e. The third-order valence-electron chi connectivity index (χ3n) is 6.99. The molecule has 9 nitrogen and oxygen atoms in total. The normalized spacial score (nSPS) is 25.6. The second-order valence-corrected chi connectivity index (χ2v) is 9.12. The summed E-state index contributed by atoms with van der Waals surface area (Å²) in [6, 6.07) is 7.25. The minimum Gasteiger partial charge on any atom is -0.450 e. The Labute approximate surface area is 188 Å². The van der Waals surface area contributed by atoms with Gasteiger partial charge >= 0.3 is 6.09 Å². The Bertz CT molecular complexity index is 835. The van der Waals surface area contributed by atoms with Crippen molar-refractivity contribution < 1.29 is 14.5 Å². The third-order valence-corrected chi connectivity index (χ3v) is 6.99. The van der Waals surface area contributed by atoms with Crippen LogP contribution in [0.2, 0.25) is 0 Å². The molecule has 3 aliphatic rings. The van der Waals surface area contributed by atoms with E-state index in [9.17, 15) is 14.9 Å². The Morgan fingerprint density at radius 1 is 1.16 bits per heavy atom. The van der Waals surface area contributed by atoms with E-state index in [1.54, 1.807) is 17.0 Å². The van der Waals surface area contributed by atoms with Crippen LogP contribution < -0.4 is 10.6 Å². The van der Waals surface area contributed by atoms with Crippen molar-refractivity contribution >= 4 is 17.7 Å². The van der Waals surface area contributed by atoms with Gasteiger partial charge in [-0.3, -0.25) is 10.1 Å². The van der Waals surface area contributed by atoms with Gasteiger partial charge in [0, 0.05) is 37.3 Å². The number of nitrogens with zero attached hydrogens (tertiary/aromatic N) is 3. The number of guanidine groups is 1. The van der Waals surface area contributed by atoms with E-state index in [4.69, 9.17) is 9.73 Å². The summed E-state index contributed by atoms with van der Waals surface area (Å²) in [5.41, 5.74) is 1.02. The number of hydrogen-bond acceptors (Lipinski definition) is 5. The highest BCUT2D eigenvalue weighted by molar-refractivity contribution is 5.80. The van der Waals surface area contributed by atoms with Crippen LogP contribution in [-0.4, -0.2) is 53.7 Å². The van der Waals surface area contributed by atoms with Crippen LogP contribution in [0.5, 0.6) is 0 Å². The summed E-state index contributed by atoms with van der Waals surface area (Å²) in [6.07, 6.45) is 6.59. The first kappa shape index (κ1) is 22.4. The van der Waals surface area contributed by atoms with E-state index in [-0.39, 0.29) is 22.7 Å². The van der Waals surface area contributed by atoms with Crippen molar-refractivity contribution in [3.63, 3.8) is 0 Å². The van der Waals surface area contributed by atoms with Gasteiger partial charge in [0.05, 0.1) is 18.1 Å². The minimum atomic E-state index is -0.390. The zero-order valence-corrected chi connectivity index (χ0v) is 18.7. The highest BCUT2D eigenvalue weighted by Crippen LogP contribution is 2.44. The predicted molar refractivity (Wildman–Crippen MR) is 121 cm³/mol. The van der Waals surface area contributed by atoms with Crippen molar-refractivity contribution in [1.29, 1.82) is 0 Å². The Morgan fingerprint density at radius 3 is 2.50 bits per heavy atom. The molecule has 0 spiro atoms. The van der Waals surface area contributed by atoms with E-state index in [1.807, 2.05) is 6.92 Å². The molecular weight excluding hydrogens is 410 g/mol. The van der Waals surface area contributed by atoms with Crippen molar-refractivity contribution in [3.8, 4) is 0 Å². The van der Waals surface area contributed by atoms with Gasteiger partial charge in [-0.1, -0.05) is 18.6 Å². The van der Waals surface area contributed by atoms with Crippen molar-refractivity contribution in [3.05, 3.63) is 39.9 Å². The number of fused-ring (bicyclic) bond motifs is 2. The fourth-order valence-corrected chi connectivity index (χ4v) is 5.24. The number of aliphatic imine (C=N–C) groups is 1. The molecular formula is C23H33N5O4. The van der Waals surface area contributed by atoms with Crippen molar-refractivity contribution in [2.24, 2.45) is 16.8 Å². The second-order valence-electron chi connectivity index (χ2n) is 9.12. The van der Waals surface area contributed by atoms with E-state index in [1.165, 1.54) is 37.8 Å². The van der Waals surface area contributed by atoms with Crippen molar-refractivity contribution in [1.82, 2.24) is 15.5 Å². The highest BCUT2D eigenvalue weighted by atomic mass is 16.6. The smallest absolute Gasteiger partial charge is 0.409 e. The number of nitro groups is 1. The molecule has 1 heterocycles. The SMILES string of the molecule is CCOC(=O)N1CCC(NC(=NCc2ccc([N+](=O)[O-])cc2)NC2CC3CCC2C3)CC1. The molecule has 3 atom stereocenters. The molecule has 174 valence electrons. The molecule has 0 aromatic heterocycles. The van der Waals surface area contributed by atoms with Gasteiger partial charge in [-0.2, -0.15) is 0 Å².